The number of hydrazone groups is 1. The monoisotopic (exact) mass is 562 g/mol. The van der Waals surface area contributed by atoms with Crippen molar-refractivity contribution in [3.8, 4) is 11.5 Å². The summed E-state index contributed by atoms with van der Waals surface area (Å²) in [6.07, 6.45) is 6.71. The zero-order valence-electron chi connectivity index (χ0n) is 22.3. The molecule has 6 nitrogen and oxygen atoms in total. The molecule has 4 aromatic carbocycles. The summed E-state index contributed by atoms with van der Waals surface area (Å²) in [6, 6.07) is 31.2. The fraction of sp³-hybridized carbons (Fsp3) is 0.0882. The summed E-state index contributed by atoms with van der Waals surface area (Å²) in [6.45, 7) is 0. The van der Waals surface area contributed by atoms with Crippen molar-refractivity contribution in [3.05, 3.63) is 143 Å². The van der Waals surface area contributed by atoms with Crippen molar-refractivity contribution in [2.45, 2.75) is 12.5 Å². The number of amides is 1. The van der Waals surface area contributed by atoms with Gasteiger partial charge in [0.2, 0.25) is 0 Å². The maximum Gasteiger partial charge on any atom is 0.336 e. The number of hydrogen-bond acceptors (Lipinski definition) is 5. The molecule has 0 fully saturated rings. The third-order valence-electron chi connectivity index (χ3n) is 6.53. The molecule has 1 aliphatic rings. The molecular weight excluding hydrogens is 536 g/mol. The summed E-state index contributed by atoms with van der Waals surface area (Å²) in [5.74, 6) is 0.193. The lowest BCUT2D eigenvalue weighted by molar-refractivity contribution is -0.129. The smallest absolute Gasteiger partial charge is 0.336 e. The van der Waals surface area contributed by atoms with Crippen molar-refractivity contribution in [3.63, 3.8) is 0 Å². The standard InChI is InChI=1S/C34H27ClN2O4/c1-40-28-17-14-26(15-18-28)31-23-30(36-37(31)33(38)20-12-24-8-4-2-5-9-24)29-22-27(35)16-19-32(29)41-34(39)21-13-25-10-6-3-7-11-25/h2-22,31H,23H2,1H3/b20-12+,21-13+/t31-/m1/s1. The van der Waals surface area contributed by atoms with Crippen LogP contribution in [0.3, 0.4) is 0 Å². The molecule has 0 N–H and O–H groups in total. The maximum atomic E-state index is 13.4. The second kappa shape index (κ2) is 12.9. The third-order valence-corrected chi connectivity index (χ3v) is 6.76. The Hall–Kier alpha value is -4.94. The first-order valence-corrected chi connectivity index (χ1v) is 13.4. The van der Waals surface area contributed by atoms with Crippen LogP contribution in [0.1, 0.15) is 34.7 Å². The minimum atomic E-state index is -0.540. The van der Waals surface area contributed by atoms with E-state index in [2.05, 4.69) is 0 Å². The number of hydrogen-bond donors (Lipinski definition) is 0. The van der Waals surface area contributed by atoms with E-state index in [-0.39, 0.29) is 11.9 Å². The van der Waals surface area contributed by atoms with Crippen LogP contribution in [-0.2, 0) is 9.59 Å². The molecule has 5 rings (SSSR count). The van der Waals surface area contributed by atoms with Crippen molar-refractivity contribution in [1.29, 1.82) is 0 Å². The predicted molar refractivity (Wildman–Crippen MR) is 162 cm³/mol. The van der Waals surface area contributed by atoms with Crippen LogP contribution in [0.5, 0.6) is 11.5 Å². The van der Waals surface area contributed by atoms with Gasteiger partial charge >= 0.3 is 5.97 Å². The number of halogens is 1. The molecule has 1 amide bonds. The van der Waals surface area contributed by atoms with Crippen LogP contribution < -0.4 is 9.47 Å². The molecule has 0 saturated carbocycles. The zero-order valence-corrected chi connectivity index (χ0v) is 23.1. The van der Waals surface area contributed by atoms with Gasteiger partial charge in [0.1, 0.15) is 11.5 Å². The van der Waals surface area contributed by atoms with Gasteiger partial charge in [0.15, 0.2) is 0 Å². The summed E-state index contributed by atoms with van der Waals surface area (Å²) >= 11 is 6.36. The molecule has 0 radical (unpaired) electrons. The summed E-state index contributed by atoms with van der Waals surface area (Å²) in [7, 11) is 1.60. The van der Waals surface area contributed by atoms with Crippen LogP contribution in [0.4, 0.5) is 0 Å². The highest BCUT2D eigenvalue weighted by Crippen LogP contribution is 2.36. The zero-order chi connectivity index (χ0) is 28.6. The van der Waals surface area contributed by atoms with Crippen LogP contribution in [0.2, 0.25) is 5.02 Å². The lowest BCUT2D eigenvalue weighted by Crippen LogP contribution is -2.25. The number of benzene rings is 4. The van der Waals surface area contributed by atoms with Gasteiger partial charge in [-0.1, -0.05) is 84.4 Å². The second-order valence-corrected chi connectivity index (χ2v) is 9.71. The van der Waals surface area contributed by atoms with Crippen molar-refractivity contribution in [2.24, 2.45) is 5.10 Å². The molecule has 0 bridgehead atoms. The third kappa shape index (κ3) is 6.99. The summed E-state index contributed by atoms with van der Waals surface area (Å²) in [5, 5.41) is 6.64. The molecule has 0 saturated heterocycles. The van der Waals surface area contributed by atoms with Gasteiger partial charge in [0, 0.05) is 29.2 Å². The van der Waals surface area contributed by atoms with Gasteiger partial charge in [-0.25, -0.2) is 9.80 Å². The van der Waals surface area contributed by atoms with E-state index in [4.69, 9.17) is 26.2 Å². The summed E-state index contributed by atoms with van der Waals surface area (Å²) in [4.78, 5) is 26.1. The van der Waals surface area contributed by atoms with Gasteiger partial charge in [-0.3, -0.25) is 4.79 Å². The largest absolute Gasteiger partial charge is 0.497 e. The quantitative estimate of drug-likeness (QED) is 0.128. The SMILES string of the molecule is COc1ccc([C@H]2CC(c3cc(Cl)ccc3OC(=O)/C=C/c3ccccc3)=NN2C(=O)/C=C/c2ccccc2)cc1. The number of esters is 1. The van der Waals surface area contributed by atoms with Crippen molar-refractivity contribution < 1.29 is 19.1 Å². The van der Waals surface area contributed by atoms with Gasteiger partial charge in [0.05, 0.1) is 18.9 Å². The highest BCUT2D eigenvalue weighted by Gasteiger charge is 2.33. The molecule has 41 heavy (non-hydrogen) atoms. The Kier molecular flexibility index (Phi) is 8.72. The topological polar surface area (TPSA) is 68.2 Å². The Balaban J connectivity index is 1.45. The number of nitrogens with zero attached hydrogens (tertiary/aromatic N) is 2. The fourth-order valence-corrected chi connectivity index (χ4v) is 4.63. The average Bonchev–Trinajstić information content (AvgIpc) is 3.46. The maximum absolute atomic E-state index is 13.4. The molecule has 1 heterocycles. The lowest BCUT2D eigenvalue weighted by Gasteiger charge is -2.21. The molecule has 0 spiro atoms. The molecule has 204 valence electrons. The average molecular weight is 563 g/mol. The Bertz CT molecular complexity index is 1610. The Morgan fingerprint density at radius 1 is 0.854 bits per heavy atom. The molecule has 0 aromatic heterocycles. The van der Waals surface area contributed by atoms with Gasteiger partial charge in [-0.05, 0) is 59.2 Å². The molecule has 4 aromatic rings. The van der Waals surface area contributed by atoms with E-state index in [1.165, 1.54) is 17.2 Å². The van der Waals surface area contributed by atoms with Crippen molar-refractivity contribution in [2.75, 3.05) is 7.11 Å². The molecular formula is C34H27ClN2O4. The normalized spacial score (nSPS) is 14.8. The first-order valence-electron chi connectivity index (χ1n) is 13.0. The van der Waals surface area contributed by atoms with E-state index in [9.17, 15) is 9.59 Å². The van der Waals surface area contributed by atoms with Gasteiger partial charge in [0.25, 0.3) is 5.91 Å². The van der Waals surface area contributed by atoms with Gasteiger partial charge < -0.3 is 9.47 Å². The Labute approximate surface area is 243 Å². The minimum Gasteiger partial charge on any atom is -0.497 e. The highest BCUT2D eigenvalue weighted by atomic mass is 35.5. The number of carbonyl (C=O) groups is 2. The predicted octanol–water partition coefficient (Wildman–Crippen LogP) is 7.36. The van der Waals surface area contributed by atoms with Crippen LogP contribution in [0.25, 0.3) is 12.2 Å². The second-order valence-electron chi connectivity index (χ2n) is 9.27. The number of carbonyl (C=O) groups excluding carboxylic acids is 2. The van der Waals surface area contributed by atoms with E-state index in [0.29, 0.717) is 34.2 Å². The highest BCUT2D eigenvalue weighted by molar-refractivity contribution is 6.31. The summed E-state index contributed by atoms with van der Waals surface area (Å²) in [5.41, 5.74) is 3.78. The number of rotatable bonds is 8. The van der Waals surface area contributed by atoms with Crippen LogP contribution in [-0.4, -0.2) is 29.7 Å². The Morgan fingerprint density at radius 2 is 1.49 bits per heavy atom. The number of methoxy groups -OCH3 is 1. The van der Waals surface area contributed by atoms with E-state index >= 15 is 0 Å². The van der Waals surface area contributed by atoms with E-state index in [1.807, 2.05) is 84.9 Å². The Morgan fingerprint density at radius 3 is 2.12 bits per heavy atom. The molecule has 0 unspecified atom stereocenters. The molecule has 0 aliphatic carbocycles. The first-order chi connectivity index (χ1) is 20.0. The summed E-state index contributed by atoms with van der Waals surface area (Å²) < 4.78 is 11.0. The van der Waals surface area contributed by atoms with Crippen LogP contribution in [0.15, 0.2) is 120 Å². The van der Waals surface area contributed by atoms with Gasteiger partial charge in [-0.15, -0.1) is 0 Å². The van der Waals surface area contributed by atoms with E-state index in [1.54, 1.807) is 37.5 Å². The fourth-order valence-electron chi connectivity index (χ4n) is 4.46. The van der Waals surface area contributed by atoms with E-state index in [0.717, 1.165) is 16.7 Å². The first kappa shape index (κ1) is 27.6. The minimum absolute atomic E-state index is 0.281. The lowest BCUT2D eigenvalue weighted by atomic mass is 9.97. The number of ether oxygens (including phenoxy) is 2. The van der Waals surface area contributed by atoms with Crippen LogP contribution >= 0.6 is 11.6 Å². The van der Waals surface area contributed by atoms with Crippen molar-refractivity contribution in [1.82, 2.24) is 5.01 Å². The van der Waals surface area contributed by atoms with Gasteiger partial charge in [-0.2, -0.15) is 5.10 Å². The molecule has 7 heteroatoms. The van der Waals surface area contributed by atoms with Crippen LogP contribution in [0, 0.1) is 0 Å². The molecule has 1 aliphatic heterocycles. The molecule has 1 atom stereocenters. The van der Waals surface area contributed by atoms with Crippen molar-refractivity contribution >= 4 is 41.3 Å². The van der Waals surface area contributed by atoms with E-state index < -0.39 is 5.97 Å².